The molecular formula is C15H18N2S. The van der Waals surface area contributed by atoms with Gasteiger partial charge in [0.2, 0.25) is 0 Å². The molecule has 1 aliphatic heterocycles. The standard InChI is InChI=1S/C15H18N2S/c1-16-8-10-17(11-9-16)18-15-7-6-13-4-2-3-5-14(13)12-15/h2-7,12H,8-11H2,1H3. The van der Waals surface area contributed by atoms with Crippen LogP contribution in [-0.2, 0) is 0 Å². The first-order valence-corrected chi connectivity index (χ1v) is 7.19. The van der Waals surface area contributed by atoms with E-state index in [9.17, 15) is 0 Å². The molecule has 2 nitrogen and oxygen atoms in total. The van der Waals surface area contributed by atoms with Crippen LogP contribution in [0.3, 0.4) is 0 Å². The van der Waals surface area contributed by atoms with Crippen LogP contribution in [0.2, 0.25) is 0 Å². The number of hydrogen-bond acceptors (Lipinski definition) is 3. The number of nitrogens with zero attached hydrogens (tertiary/aromatic N) is 2. The van der Waals surface area contributed by atoms with Crippen LogP contribution >= 0.6 is 11.9 Å². The number of fused-ring (bicyclic) bond motifs is 1. The summed E-state index contributed by atoms with van der Waals surface area (Å²) in [5.41, 5.74) is 0. The Kier molecular flexibility index (Phi) is 3.55. The minimum Gasteiger partial charge on any atom is -0.304 e. The molecule has 1 heterocycles. The van der Waals surface area contributed by atoms with Crippen LogP contribution in [0, 0.1) is 0 Å². The van der Waals surface area contributed by atoms with Crippen LogP contribution < -0.4 is 0 Å². The van der Waals surface area contributed by atoms with Crippen molar-refractivity contribution in [3.8, 4) is 0 Å². The Morgan fingerprint density at radius 1 is 0.889 bits per heavy atom. The smallest absolute Gasteiger partial charge is 0.0236 e. The number of benzene rings is 2. The molecule has 0 aliphatic carbocycles. The van der Waals surface area contributed by atoms with E-state index in [1.807, 2.05) is 11.9 Å². The minimum atomic E-state index is 1.15. The van der Waals surface area contributed by atoms with Gasteiger partial charge in [-0.05, 0) is 41.9 Å². The molecule has 0 atom stereocenters. The lowest BCUT2D eigenvalue weighted by atomic mass is 10.1. The van der Waals surface area contributed by atoms with Crippen molar-refractivity contribution in [2.45, 2.75) is 4.90 Å². The molecule has 2 aromatic rings. The van der Waals surface area contributed by atoms with E-state index < -0.39 is 0 Å². The van der Waals surface area contributed by atoms with E-state index in [1.54, 1.807) is 0 Å². The maximum Gasteiger partial charge on any atom is 0.0236 e. The Bertz CT molecular complexity index is 533. The highest BCUT2D eigenvalue weighted by atomic mass is 32.2. The number of rotatable bonds is 2. The van der Waals surface area contributed by atoms with Crippen molar-refractivity contribution < 1.29 is 0 Å². The SMILES string of the molecule is CN1CCN(Sc2ccc3ccccc3c2)CC1. The van der Waals surface area contributed by atoms with Gasteiger partial charge in [0.25, 0.3) is 0 Å². The summed E-state index contributed by atoms with van der Waals surface area (Å²) in [6, 6.07) is 15.3. The molecule has 1 aliphatic rings. The Labute approximate surface area is 113 Å². The number of piperazine rings is 1. The van der Waals surface area contributed by atoms with Gasteiger partial charge in [0.1, 0.15) is 0 Å². The molecule has 3 heteroatoms. The van der Waals surface area contributed by atoms with Crippen LogP contribution in [-0.4, -0.2) is 42.4 Å². The molecule has 0 unspecified atom stereocenters. The van der Waals surface area contributed by atoms with Gasteiger partial charge in [0.05, 0.1) is 0 Å². The molecule has 0 radical (unpaired) electrons. The zero-order valence-electron chi connectivity index (χ0n) is 10.7. The van der Waals surface area contributed by atoms with E-state index in [0.717, 1.165) is 13.1 Å². The van der Waals surface area contributed by atoms with Gasteiger partial charge in [-0.3, -0.25) is 0 Å². The Morgan fingerprint density at radius 2 is 1.61 bits per heavy atom. The van der Waals surface area contributed by atoms with Gasteiger partial charge in [-0.1, -0.05) is 30.3 Å². The second-order valence-electron chi connectivity index (χ2n) is 4.83. The van der Waals surface area contributed by atoms with Crippen LogP contribution in [0.15, 0.2) is 47.4 Å². The molecular weight excluding hydrogens is 240 g/mol. The fraction of sp³-hybridized carbons (Fsp3) is 0.333. The first-order chi connectivity index (χ1) is 8.81. The van der Waals surface area contributed by atoms with E-state index in [4.69, 9.17) is 0 Å². The largest absolute Gasteiger partial charge is 0.304 e. The van der Waals surface area contributed by atoms with Crippen molar-refractivity contribution >= 4 is 22.7 Å². The van der Waals surface area contributed by atoms with Gasteiger partial charge in [0.15, 0.2) is 0 Å². The Morgan fingerprint density at radius 3 is 2.39 bits per heavy atom. The van der Waals surface area contributed by atoms with Crippen LogP contribution in [0.1, 0.15) is 0 Å². The summed E-state index contributed by atoms with van der Waals surface area (Å²) in [6.07, 6.45) is 0. The van der Waals surface area contributed by atoms with Crippen molar-refractivity contribution in [3.63, 3.8) is 0 Å². The normalized spacial score (nSPS) is 18.3. The lowest BCUT2D eigenvalue weighted by Gasteiger charge is -2.31. The number of likely N-dealkylation sites (N-methyl/N-ethyl adjacent to an activating group) is 1. The van der Waals surface area contributed by atoms with E-state index >= 15 is 0 Å². The van der Waals surface area contributed by atoms with Crippen LogP contribution in [0.25, 0.3) is 10.8 Å². The van der Waals surface area contributed by atoms with Crippen molar-refractivity contribution in [2.24, 2.45) is 0 Å². The summed E-state index contributed by atoms with van der Waals surface area (Å²) in [5.74, 6) is 0. The van der Waals surface area contributed by atoms with Gasteiger partial charge in [0, 0.05) is 31.1 Å². The first-order valence-electron chi connectivity index (χ1n) is 6.41. The lowest BCUT2D eigenvalue weighted by Crippen LogP contribution is -2.40. The molecule has 0 bridgehead atoms. The van der Waals surface area contributed by atoms with Gasteiger partial charge in [-0.15, -0.1) is 0 Å². The molecule has 1 fully saturated rings. The third kappa shape index (κ3) is 2.69. The third-order valence-electron chi connectivity index (χ3n) is 3.42. The zero-order chi connectivity index (χ0) is 12.4. The Hall–Kier alpha value is -1.03. The second-order valence-corrected chi connectivity index (χ2v) is 6.00. The van der Waals surface area contributed by atoms with Crippen molar-refractivity contribution in [1.82, 2.24) is 9.21 Å². The first kappa shape index (κ1) is 12.0. The monoisotopic (exact) mass is 258 g/mol. The lowest BCUT2D eigenvalue weighted by molar-refractivity contribution is 0.233. The summed E-state index contributed by atoms with van der Waals surface area (Å²) < 4.78 is 2.46. The topological polar surface area (TPSA) is 6.48 Å². The predicted octanol–water partition coefficient (Wildman–Crippen LogP) is 3.09. The van der Waals surface area contributed by atoms with Gasteiger partial charge < -0.3 is 4.90 Å². The van der Waals surface area contributed by atoms with E-state index in [2.05, 4.69) is 58.7 Å². The minimum absolute atomic E-state index is 1.15. The molecule has 2 aromatic carbocycles. The van der Waals surface area contributed by atoms with Crippen molar-refractivity contribution in [1.29, 1.82) is 0 Å². The average molecular weight is 258 g/mol. The van der Waals surface area contributed by atoms with E-state index in [-0.39, 0.29) is 0 Å². The molecule has 0 amide bonds. The Balaban J connectivity index is 1.74. The van der Waals surface area contributed by atoms with Gasteiger partial charge >= 0.3 is 0 Å². The highest BCUT2D eigenvalue weighted by Gasteiger charge is 2.14. The summed E-state index contributed by atoms with van der Waals surface area (Å²) in [6.45, 7) is 4.63. The molecule has 0 N–H and O–H groups in total. The van der Waals surface area contributed by atoms with E-state index in [1.165, 1.54) is 28.8 Å². The summed E-state index contributed by atoms with van der Waals surface area (Å²) >= 11 is 1.89. The van der Waals surface area contributed by atoms with Gasteiger partial charge in [-0.2, -0.15) is 0 Å². The van der Waals surface area contributed by atoms with E-state index in [0.29, 0.717) is 0 Å². The fourth-order valence-electron chi connectivity index (χ4n) is 2.25. The third-order valence-corrected chi connectivity index (χ3v) is 4.51. The predicted molar refractivity (Wildman–Crippen MR) is 78.9 cm³/mol. The molecule has 0 aromatic heterocycles. The highest BCUT2D eigenvalue weighted by molar-refractivity contribution is 7.97. The number of hydrogen-bond donors (Lipinski definition) is 0. The molecule has 0 spiro atoms. The fourth-order valence-corrected chi connectivity index (χ4v) is 3.21. The van der Waals surface area contributed by atoms with Gasteiger partial charge in [-0.25, -0.2) is 4.31 Å². The summed E-state index contributed by atoms with van der Waals surface area (Å²) in [4.78, 5) is 3.73. The maximum atomic E-state index is 2.46. The summed E-state index contributed by atoms with van der Waals surface area (Å²) in [7, 11) is 2.19. The second kappa shape index (κ2) is 5.31. The molecule has 0 saturated carbocycles. The zero-order valence-corrected chi connectivity index (χ0v) is 11.5. The molecule has 94 valence electrons. The average Bonchev–Trinajstić information content (AvgIpc) is 2.41. The highest BCUT2D eigenvalue weighted by Crippen LogP contribution is 2.27. The maximum absolute atomic E-state index is 2.46. The van der Waals surface area contributed by atoms with Crippen LogP contribution in [0.4, 0.5) is 0 Å². The van der Waals surface area contributed by atoms with Crippen molar-refractivity contribution in [3.05, 3.63) is 42.5 Å². The molecule has 1 saturated heterocycles. The summed E-state index contributed by atoms with van der Waals surface area (Å²) in [5, 5.41) is 2.65. The molecule has 3 rings (SSSR count). The quantitative estimate of drug-likeness (QED) is 0.764. The van der Waals surface area contributed by atoms with Crippen LogP contribution in [0.5, 0.6) is 0 Å². The molecule has 18 heavy (non-hydrogen) atoms. The van der Waals surface area contributed by atoms with Crippen molar-refractivity contribution in [2.75, 3.05) is 33.2 Å².